The summed E-state index contributed by atoms with van der Waals surface area (Å²) in [4.78, 5) is 40.0. The van der Waals surface area contributed by atoms with Crippen LogP contribution in [0.1, 0.15) is 37.3 Å². The Morgan fingerprint density at radius 2 is 1.94 bits per heavy atom. The number of benzene rings is 2. The molecule has 1 saturated carbocycles. The molecule has 2 aromatic carbocycles. The van der Waals surface area contributed by atoms with Gasteiger partial charge in [-0.1, -0.05) is 48.0 Å². The molecule has 0 bridgehead atoms. The maximum atomic E-state index is 14.2. The summed E-state index contributed by atoms with van der Waals surface area (Å²) in [6, 6.07) is 13.6. The summed E-state index contributed by atoms with van der Waals surface area (Å²) in [5.74, 6) is -1.46. The van der Waals surface area contributed by atoms with Crippen LogP contribution in [0.25, 0.3) is 0 Å². The predicted octanol–water partition coefficient (Wildman–Crippen LogP) is 3.42. The van der Waals surface area contributed by atoms with Crippen molar-refractivity contribution in [3.8, 4) is 0 Å². The van der Waals surface area contributed by atoms with Gasteiger partial charge in [-0.2, -0.15) is 5.01 Å². The molecule has 0 radical (unpaired) electrons. The van der Waals surface area contributed by atoms with Gasteiger partial charge in [0.1, 0.15) is 11.4 Å². The van der Waals surface area contributed by atoms with Crippen LogP contribution in [-0.2, 0) is 22.6 Å². The van der Waals surface area contributed by atoms with Crippen molar-refractivity contribution < 1.29 is 18.8 Å². The normalized spacial score (nSPS) is 20.3. The molecule has 1 aliphatic heterocycles. The Balaban J connectivity index is 1.38. The first-order valence-electron chi connectivity index (χ1n) is 10.9. The SMILES string of the molecule is CC1(CCc2ccccc2)NC(=O)N(NC(=O)CN(Cc2c(F)cccc2Cl)C2CC2)C1=O. The molecule has 4 rings (SSSR count). The second-order valence-electron chi connectivity index (χ2n) is 8.76. The molecule has 174 valence electrons. The Morgan fingerprint density at radius 3 is 2.61 bits per heavy atom. The Morgan fingerprint density at radius 1 is 1.21 bits per heavy atom. The number of carbonyl (C=O) groups excluding carboxylic acids is 3. The molecule has 0 aromatic heterocycles. The molecule has 2 N–H and O–H groups in total. The van der Waals surface area contributed by atoms with Crippen LogP contribution in [-0.4, -0.2) is 45.9 Å². The molecule has 1 heterocycles. The van der Waals surface area contributed by atoms with Gasteiger partial charge in [-0.25, -0.2) is 9.18 Å². The van der Waals surface area contributed by atoms with Crippen molar-refractivity contribution in [2.24, 2.45) is 0 Å². The molecule has 0 spiro atoms. The van der Waals surface area contributed by atoms with Crippen molar-refractivity contribution in [1.82, 2.24) is 20.7 Å². The minimum Gasteiger partial charge on any atom is -0.322 e. The van der Waals surface area contributed by atoms with Crippen LogP contribution >= 0.6 is 11.6 Å². The first kappa shape index (κ1) is 23.2. The van der Waals surface area contributed by atoms with Crippen molar-refractivity contribution in [2.45, 2.75) is 50.7 Å². The van der Waals surface area contributed by atoms with Gasteiger partial charge in [-0.15, -0.1) is 0 Å². The lowest BCUT2D eigenvalue weighted by molar-refractivity contribution is -0.139. The van der Waals surface area contributed by atoms with Crippen LogP contribution in [0.2, 0.25) is 5.02 Å². The van der Waals surface area contributed by atoms with E-state index in [4.69, 9.17) is 11.6 Å². The van der Waals surface area contributed by atoms with Crippen LogP contribution < -0.4 is 10.7 Å². The predicted molar refractivity (Wildman–Crippen MR) is 122 cm³/mol. The monoisotopic (exact) mass is 472 g/mol. The van der Waals surface area contributed by atoms with Crippen molar-refractivity contribution >= 4 is 29.4 Å². The lowest BCUT2D eigenvalue weighted by Gasteiger charge is -2.24. The number of hydrazine groups is 1. The van der Waals surface area contributed by atoms with Gasteiger partial charge in [-0.3, -0.25) is 19.9 Å². The Labute approximate surface area is 196 Å². The largest absolute Gasteiger partial charge is 0.344 e. The van der Waals surface area contributed by atoms with E-state index in [-0.39, 0.29) is 19.1 Å². The third-order valence-electron chi connectivity index (χ3n) is 6.09. The van der Waals surface area contributed by atoms with Gasteiger partial charge in [0.25, 0.3) is 11.8 Å². The Hall–Kier alpha value is -2.97. The number of hydrogen-bond donors (Lipinski definition) is 2. The maximum absolute atomic E-state index is 14.2. The number of aryl methyl sites for hydroxylation is 1. The molecule has 1 saturated heterocycles. The summed E-state index contributed by atoms with van der Waals surface area (Å²) in [6.45, 7) is 1.73. The van der Waals surface area contributed by atoms with Crippen LogP contribution in [0, 0.1) is 5.82 Å². The van der Waals surface area contributed by atoms with E-state index < -0.39 is 29.2 Å². The molecule has 33 heavy (non-hydrogen) atoms. The summed E-state index contributed by atoms with van der Waals surface area (Å²) in [7, 11) is 0. The molecule has 1 aliphatic carbocycles. The molecule has 7 nitrogen and oxygen atoms in total. The number of carbonyl (C=O) groups is 3. The number of amides is 4. The lowest BCUT2D eigenvalue weighted by Crippen LogP contribution is -2.51. The number of nitrogens with zero attached hydrogens (tertiary/aromatic N) is 2. The quantitative estimate of drug-likeness (QED) is 0.548. The van der Waals surface area contributed by atoms with Gasteiger partial charge in [0.2, 0.25) is 0 Å². The van der Waals surface area contributed by atoms with E-state index in [1.54, 1.807) is 13.0 Å². The van der Waals surface area contributed by atoms with Gasteiger partial charge in [0.15, 0.2) is 0 Å². The summed E-state index contributed by atoms with van der Waals surface area (Å²) < 4.78 is 14.2. The van der Waals surface area contributed by atoms with Crippen molar-refractivity contribution in [3.63, 3.8) is 0 Å². The lowest BCUT2D eigenvalue weighted by atomic mass is 9.93. The molecule has 4 amide bonds. The molecular weight excluding hydrogens is 447 g/mol. The fourth-order valence-electron chi connectivity index (χ4n) is 3.98. The zero-order valence-corrected chi connectivity index (χ0v) is 19.1. The highest BCUT2D eigenvalue weighted by Gasteiger charge is 2.48. The standard InChI is InChI=1S/C24H26ClFN4O3/c1-24(13-12-16-6-3-2-4-7-16)22(32)30(23(33)27-24)28-21(31)15-29(17-10-11-17)14-18-19(25)8-5-9-20(18)26/h2-9,17H,10-15H2,1H3,(H,27,33)(H,28,31). The van der Waals surface area contributed by atoms with E-state index in [2.05, 4.69) is 10.7 Å². The van der Waals surface area contributed by atoms with Crippen LogP contribution in [0.15, 0.2) is 48.5 Å². The topological polar surface area (TPSA) is 81.8 Å². The molecule has 1 unspecified atom stereocenters. The summed E-state index contributed by atoms with van der Waals surface area (Å²) in [6.07, 6.45) is 2.78. The number of imide groups is 1. The Kier molecular flexibility index (Phi) is 6.67. The van der Waals surface area contributed by atoms with Gasteiger partial charge in [0.05, 0.1) is 6.54 Å². The molecular formula is C24H26ClFN4O3. The summed E-state index contributed by atoms with van der Waals surface area (Å²) >= 11 is 6.14. The second-order valence-corrected chi connectivity index (χ2v) is 9.17. The third-order valence-corrected chi connectivity index (χ3v) is 6.44. The van der Waals surface area contributed by atoms with Gasteiger partial charge >= 0.3 is 6.03 Å². The van der Waals surface area contributed by atoms with E-state index in [1.165, 1.54) is 12.1 Å². The van der Waals surface area contributed by atoms with Crippen molar-refractivity contribution in [1.29, 1.82) is 0 Å². The molecule has 2 aromatic rings. The molecule has 1 atom stereocenters. The average molecular weight is 473 g/mol. The number of rotatable bonds is 9. The van der Waals surface area contributed by atoms with Crippen LogP contribution in [0.4, 0.5) is 9.18 Å². The number of urea groups is 1. The molecule has 2 aliphatic rings. The zero-order valence-electron chi connectivity index (χ0n) is 18.3. The fraction of sp³-hybridized carbons (Fsp3) is 0.375. The number of halogens is 2. The third kappa shape index (κ3) is 5.34. The summed E-state index contributed by atoms with van der Waals surface area (Å²) in [5.41, 5.74) is 2.68. The highest BCUT2D eigenvalue weighted by atomic mass is 35.5. The van der Waals surface area contributed by atoms with E-state index >= 15 is 0 Å². The van der Waals surface area contributed by atoms with Crippen LogP contribution in [0.3, 0.4) is 0 Å². The van der Waals surface area contributed by atoms with Gasteiger partial charge < -0.3 is 5.32 Å². The van der Waals surface area contributed by atoms with Crippen LogP contribution in [0.5, 0.6) is 0 Å². The first-order chi connectivity index (χ1) is 15.8. The minimum atomic E-state index is -1.11. The molecule has 2 fully saturated rings. The minimum absolute atomic E-state index is 0.0902. The fourth-order valence-corrected chi connectivity index (χ4v) is 4.20. The zero-order chi connectivity index (χ0) is 23.6. The molecule has 9 heteroatoms. The van der Waals surface area contributed by atoms with E-state index in [1.807, 2.05) is 35.2 Å². The van der Waals surface area contributed by atoms with Gasteiger partial charge in [0, 0.05) is 23.2 Å². The number of hydrogen-bond acceptors (Lipinski definition) is 4. The highest BCUT2D eigenvalue weighted by Crippen LogP contribution is 2.30. The van der Waals surface area contributed by atoms with Crippen molar-refractivity contribution in [3.05, 3.63) is 70.5 Å². The smallest absolute Gasteiger partial charge is 0.322 e. The summed E-state index contributed by atoms with van der Waals surface area (Å²) in [5, 5.41) is 3.73. The number of nitrogens with one attached hydrogen (secondary N) is 2. The van der Waals surface area contributed by atoms with E-state index in [0.29, 0.717) is 23.4 Å². The van der Waals surface area contributed by atoms with E-state index in [9.17, 15) is 18.8 Å². The second kappa shape index (κ2) is 9.49. The highest BCUT2D eigenvalue weighted by molar-refractivity contribution is 6.31. The Bertz CT molecular complexity index is 1040. The van der Waals surface area contributed by atoms with Gasteiger partial charge in [-0.05, 0) is 50.3 Å². The first-order valence-corrected chi connectivity index (χ1v) is 11.3. The van der Waals surface area contributed by atoms with Crippen molar-refractivity contribution in [2.75, 3.05) is 6.54 Å². The average Bonchev–Trinajstić information content (AvgIpc) is 3.60. The van der Waals surface area contributed by atoms with E-state index in [0.717, 1.165) is 23.4 Å². The maximum Gasteiger partial charge on any atom is 0.344 e.